The molecule has 0 rings (SSSR count). The highest BCUT2D eigenvalue weighted by Crippen LogP contribution is 2.00. The Morgan fingerprint density at radius 2 is 1.81 bits per heavy atom. The lowest BCUT2D eigenvalue weighted by Crippen LogP contribution is -2.39. The number of unbranched alkanes of at least 4 members (excludes halogenated alkanes) is 1. The molecule has 0 bridgehead atoms. The van der Waals surface area contributed by atoms with Crippen molar-refractivity contribution in [1.29, 1.82) is 0 Å². The van der Waals surface area contributed by atoms with Gasteiger partial charge in [-0.25, -0.2) is 0 Å². The van der Waals surface area contributed by atoms with Crippen molar-refractivity contribution in [2.45, 2.75) is 31.3 Å². The molecule has 0 aliphatic rings. The van der Waals surface area contributed by atoms with Crippen molar-refractivity contribution in [2.75, 3.05) is 13.2 Å². The molecule has 0 saturated carbocycles. The smallest absolute Gasteiger partial charge is 0.324 e. The van der Waals surface area contributed by atoms with Gasteiger partial charge >= 0.3 is 11.9 Å². The summed E-state index contributed by atoms with van der Waals surface area (Å²) in [5, 5.41) is 8.45. The average Bonchev–Trinajstić information content (AvgIpc) is 2.25. The van der Waals surface area contributed by atoms with Crippen LogP contribution in [0.4, 0.5) is 0 Å². The lowest BCUT2D eigenvalue weighted by molar-refractivity contribution is -0.149. The van der Waals surface area contributed by atoms with Crippen LogP contribution in [0.1, 0.15) is 19.3 Å². The number of carboxylic acids is 1. The first-order chi connectivity index (χ1) is 7.49. The quantitative estimate of drug-likeness (QED) is 0.292. The van der Waals surface area contributed by atoms with Crippen molar-refractivity contribution in [2.24, 2.45) is 17.2 Å². The standard InChI is InChI=1S/C9H19N3O4/c10-4-2-1-3-6(11)9(15)16-5-7(12)8(13)14/h6-7H,1-5,10-12H2,(H,13,14)/t6-,7-/m1/s1. The summed E-state index contributed by atoms with van der Waals surface area (Å²) in [6.45, 7) is 0.185. The number of carboxylic acid groups (broad SMARTS) is 1. The summed E-state index contributed by atoms with van der Waals surface area (Å²) in [6, 6.07) is -1.95. The fraction of sp³-hybridized carbons (Fsp3) is 0.778. The Morgan fingerprint density at radius 3 is 2.31 bits per heavy atom. The zero-order chi connectivity index (χ0) is 12.6. The minimum absolute atomic E-state index is 0.362. The Kier molecular flexibility index (Phi) is 7.44. The number of hydrogen-bond acceptors (Lipinski definition) is 6. The van der Waals surface area contributed by atoms with E-state index in [1.54, 1.807) is 0 Å². The number of ether oxygens (including phenoxy) is 1. The van der Waals surface area contributed by atoms with E-state index in [0.717, 1.165) is 12.8 Å². The SMILES string of the molecule is NCCCC[C@@H](N)C(=O)OC[C@@H](N)C(=O)O. The molecule has 7 N–H and O–H groups in total. The van der Waals surface area contributed by atoms with E-state index in [1.807, 2.05) is 0 Å². The van der Waals surface area contributed by atoms with Gasteiger partial charge in [-0.05, 0) is 19.4 Å². The predicted octanol–water partition coefficient (Wildman–Crippen LogP) is -1.60. The van der Waals surface area contributed by atoms with Crippen LogP contribution in [0.2, 0.25) is 0 Å². The van der Waals surface area contributed by atoms with E-state index in [4.69, 9.17) is 22.3 Å². The Bertz CT molecular complexity index is 235. The molecule has 16 heavy (non-hydrogen) atoms. The Morgan fingerprint density at radius 1 is 1.19 bits per heavy atom. The largest absolute Gasteiger partial charge is 0.480 e. The lowest BCUT2D eigenvalue weighted by Gasteiger charge is -2.12. The first-order valence-corrected chi connectivity index (χ1v) is 5.09. The van der Waals surface area contributed by atoms with Crippen LogP contribution in [0.25, 0.3) is 0 Å². The van der Waals surface area contributed by atoms with Gasteiger partial charge in [-0.2, -0.15) is 0 Å². The molecule has 0 saturated heterocycles. The van der Waals surface area contributed by atoms with Gasteiger partial charge in [-0.1, -0.05) is 6.42 Å². The number of aliphatic carboxylic acids is 1. The number of carbonyl (C=O) groups excluding carboxylic acids is 1. The van der Waals surface area contributed by atoms with Gasteiger partial charge in [0.2, 0.25) is 0 Å². The molecule has 0 aliphatic heterocycles. The summed E-state index contributed by atoms with van der Waals surface area (Å²) < 4.78 is 4.66. The molecule has 0 spiro atoms. The predicted molar refractivity (Wildman–Crippen MR) is 57.5 cm³/mol. The Hall–Kier alpha value is -1.18. The number of carbonyl (C=O) groups is 2. The summed E-state index contributed by atoms with van der Waals surface area (Å²) in [5.74, 6) is -1.85. The molecule has 7 nitrogen and oxygen atoms in total. The molecule has 0 aromatic heterocycles. The van der Waals surface area contributed by atoms with Gasteiger partial charge in [0.05, 0.1) is 0 Å². The van der Waals surface area contributed by atoms with Crippen LogP contribution in [-0.4, -0.2) is 42.3 Å². The molecule has 0 aromatic rings. The fourth-order valence-corrected chi connectivity index (χ4v) is 0.977. The van der Waals surface area contributed by atoms with Crippen LogP contribution in [0, 0.1) is 0 Å². The molecule has 0 radical (unpaired) electrons. The third kappa shape index (κ3) is 6.33. The van der Waals surface area contributed by atoms with Crippen LogP contribution >= 0.6 is 0 Å². The highest BCUT2D eigenvalue weighted by molar-refractivity contribution is 5.77. The fourth-order valence-electron chi connectivity index (χ4n) is 0.977. The van der Waals surface area contributed by atoms with Gasteiger partial charge in [0, 0.05) is 0 Å². The van der Waals surface area contributed by atoms with Gasteiger partial charge < -0.3 is 27.0 Å². The van der Waals surface area contributed by atoms with Crippen molar-refractivity contribution < 1.29 is 19.4 Å². The van der Waals surface area contributed by atoms with Crippen molar-refractivity contribution in [1.82, 2.24) is 0 Å². The molecule has 0 aliphatic carbocycles. The number of rotatable bonds is 8. The summed E-state index contributed by atoms with van der Waals surface area (Å²) in [7, 11) is 0. The number of esters is 1. The highest BCUT2D eigenvalue weighted by Gasteiger charge is 2.18. The lowest BCUT2D eigenvalue weighted by atomic mass is 10.1. The molecule has 7 heteroatoms. The molecule has 94 valence electrons. The Labute approximate surface area is 93.9 Å². The molecular weight excluding hydrogens is 214 g/mol. The summed E-state index contributed by atoms with van der Waals surface area (Å²) in [5.41, 5.74) is 16.0. The molecule has 0 amide bonds. The van der Waals surface area contributed by atoms with Crippen LogP contribution in [-0.2, 0) is 14.3 Å². The van der Waals surface area contributed by atoms with Gasteiger partial charge in [0.1, 0.15) is 18.7 Å². The summed E-state index contributed by atoms with van der Waals surface area (Å²) in [6.07, 6.45) is 1.99. The third-order valence-corrected chi connectivity index (χ3v) is 1.99. The van der Waals surface area contributed by atoms with Crippen LogP contribution < -0.4 is 17.2 Å². The minimum Gasteiger partial charge on any atom is -0.480 e. The molecule has 0 fully saturated rings. The highest BCUT2D eigenvalue weighted by atomic mass is 16.5. The van der Waals surface area contributed by atoms with Gasteiger partial charge in [0.25, 0.3) is 0 Å². The first-order valence-electron chi connectivity index (χ1n) is 5.09. The summed E-state index contributed by atoms with van der Waals surface area (Å²) in [4.78, 5) is 21.6. The van der Waals surface area contributed by atoms with Crippen LogP contribution in [0.5, 0.6) is 0 Å². The van der Waals surface area contributed by atoms with E-state index in [9.17, 15) is 9.59 Å². The van der Waals surface area contributed by atoms with E-state index in [-0.39, 0.29) is 6.61 Å². The van der Waals surface area contributed by atoms with Crippen molar-refractivity contribution in [3.63, 3.8) is 0 Å². The van der Waals surface area contributed by atoms with Gasteiger partial charge in [0.15, 0.2) is 0 Å². The topological polar surface area (TPSA) is 142 Å². The van der Waals surface area contributed by atoms with E-state index in [2.05, 4.69) is 4.74 Å². The van der Waals surface area contributed by atoms with Crippen LogP contribution in [0.15, 0.2) is 0 Å². The molecule has 2 atom stereocenters. The molecule has 0 heterocycles. The number of nitrogens with two attached hydrogens (primary N) is 3. The third-order valence-electron chi connectivity index (χ3n) is 1.99. The maximum Gasteiger partial charge on any atom is 0.324 e. The molecular formula is C9H19N3O4. The van der Waals surface area contributed by atoms with E-state index in [1.165, 1.54) is 0 Å². The number of hydrogen-bond donors (Lipinski definition) is 4. The maximum atomic E-state index is 11.2. The van der Waals surface area contributed by atoms with Crippen molar-refractivity contribution >= 4 is 11.9 Å². The normalized spacial score (nSPS) is 14.2. The molecule has 0 unspecified atom stereocenters. The van der Waals surface area contributed by atoms with Crippen molar-refractivity contribution in [3.05, 3.63) is 0 Å². The average molecular weight is 233 g/mol. The summed E-state index contributed by atoms with van der Waals surface area (Å²) >= 11 is 0. The van der Waals surface area contributed by atoms with E-state index >= 15 is 0 Å². The zero-order valence-electron chi connectivity index (χ0n) is 9.09. The van der Waals surface area contributed by atoms with E-state index in [0.29, 0.717) is 13.0 Å². The van der Waals surface area contributed by atoms with Gasteiger partial charge in [-0.3, -0.25) is 9.59 Å². The minimum atomic E-state index is -1.22. The zero-order valence-corrected chi connectivity index (χ0v) is 9.09. The van der Waals surface area contributed by atoms with E-state index < -0.39 is 24.0 Å². The van der Waals surface area contributed by atoms with Crippen molar-refractivity contribution in [3.8, 4) is 0 Å². The first kappa shape index (κ1) is 14.8. The van der Waals surface area contributed by atoms with Crippen LogP contribution in [0.3, 0.4) is 0 Å². The maximum absolute atomic E-state index is 11.2. The van der Waals surface area contributed by atoms with Gasteiger partial charge in [-0.15, -0.1) is 0 Å². The monoisotopic (exact) mass is 233 g/mol. The second-order valence-electron chi connectivity index (χ2n) is 3.47. The Balaban J connectivity index is 3.74. The molecule has 0 aromatic carbocycles. The second kappa shape index (κ2) is 8.03. The second-order valence-corrected chi connectivity index (χ2v) is 3.47.